The first-order valence-electron chi connectivity index (χ1n) is 22.5. The van der Waals surface area contributed by atoms with E-state index in [9.17, 15) is 0 Å². The Morgan fingerprint density at radius 1 is 0.460 bits per heavy atom. The van der Waals surface area contributed by atoms with Gasteiger partial charge in [-0.2, -0.15) is 0 Å². The van der Waals surface area contributed by atoms with Crippen molar-refractivity contribution in [1.82, 2.24) is 0 Å². The second-order valence-corrected chi connectivity index (χ2v) is 18.1. The lowest BCUT2D eigenvalue weighted by atomic mass is 9.84. The molecule has 63 heavy (non-hydrogen) atoms. The van der Waals surface area contributed by atoms with Gasteiger partial charge >= 0.3 is 0 Å². The summed E-state index contributed by atoms with van der Waals surface area (Å²) in [6, 6.07) is 55.3. The second kappa shape index (κ2) is 14.4. The van der Waals surface area contributed by atoms with Crippen molar-refractivity contribution in [3.8, 4) is 0 Å². The standard InChI is InChI=1S/C59H48N2O2/c1-35(2)48-33-52(60(38-17-7-6-8-18-38)50-24-14-22-44-40-20-9-11-26-54(40)62-58(44)50)46-30-28-43-49(36(3)4)34-53(47-31-29-42(48)56(46)57(43)47)61(39-19-13-16-37(5)32-39)51-25-15-23-45-41-21-10-12-27-55(41)63-59(45)51/h6-31,33-37H,32H2,1-5H3. The van der Waals surface area contributed by atoms with Gasteiger partial charge in [0.2, 0.25) is 0 Å². The predicted molar refractivity (Wildman–Crippen MR) is 267 cm³/mol. The highest BCUT2D eigenvalue weighted by atomic mass is 16.3. The molecular formula is C59H48N2O2. The summed E-state index contributed by atoms with van der Waals surface area (Å²) in [5.41, 5.74) is 12.9. The molecule has 4 heteroatoms. The van der Waals surface area contributed by atoms with Gasteiger partial charge in [0.05, 0.1) is 22.7 Å². The average Bonchev–Trinajstić information content (AvgIpc) is 3.89. The van der Waals surface area contributed by atoms with Gasteiger partial charge in [-0.05, 0) is 111 Å². The van der Waals surface area contributed by atoms with Crippen LogP contribution >= 0.6 is 0 Å². The van der Waals surface area contributed by atoms with E-state index in [1.165, 1.54) is 54.8 Å². The van der Waals surface area contributed by atoms with Crippen LogP contribution in [-0.4, -0.2) is 0 Å². The molecule has 0 amide bonds. The number of furan rings is 2. The van der Waals surface area contributed by atoms with Crippen LogP contribution in [0.25, 0.3) is 76.2 Å². The number of benzene rings is 9. The molecule has 9 aromatic carbocycles. The second-order valence-electron chi connectivity index (χ2n) is 18.1. The zero-order valence-electron chi connectivity index (χ0n) is 36.3. The molecule has 12 rings (SSSR count). The molecule has 2 aromatic heterocycles. The van der Waals surface area contributed by atoms with E-state index in [4.69, 9.17) is 8.83 Å². The number of anilines is 5. The predicted octanol–water partition coefficient (Wildman–Crippen LogP) is 17.7. The molecule has 0 N–H and O–H groups in total. The SMILES string of the molecule is CC1C=CC=C(N(c2cc(C(C)C)c3ccc4c(N(c5ccccc5)c5cccc6c5oc5ccccc56)cc(C(C)C)c5ccc2c3c54)c2cccc3c2oc2ccccc23)C1. The fourth-order valence-electron chi connectivity index (χ4n) is 10.6. The molecule has 11 aromatic rings. The highest BCUT2D eigenvalue weighted by molar-refractivity contribution is 6.30. The van der Waals surface area contributed by atoms with Crippen molar-refractivity contribution in [2.45, 2.75) is 52.9 Å². The Morgan fingerprint density at radius 3 is 1.48 bits per heavy atom. The van der Waals surface area contributed by atoms with Crippen LogP contribution in [0.3, 0.4) is 0 Å². The van der Waals surface area contributed by atoms with Gasteiger partial charge in [-0.15, -0.1) is 0 Å². The minimum atomic E-state index is 0.264. The lowest BCUT2D eigenvalue weighted by molar-refractivity contribution is 0.665. The summed E-state index contributed by atoms with van der Waals surface area (Å²) in [7, 11) is 0. The van der Waals surface area contributed by atoms with Crippen LogP contribution in [0.4, 0.5) is 28.4 Å². The molecule has 1 unspecified atom stereocenters. The number of fused-ring (bicyclic) bond motifs is 6. The summed E-state index contributed by atoms with van der Waals surface area (Å²) in [6.45, 7) is 11.6. The maximum atomic E-state index is 6.82. The zero-order valence-corrected chi connectivity index (χ0v) is 36.3. The fourth-order valence-corrected chi connectivity index (χ4v) is 10.6. The van der Waals surface area contributed by atoms with E-state index < -0.39 is 0 Å². The van der Waals surface area contributed by atoms with Crippen molar-refractivity contribution in [2.75, 3.05) is 9.80 Å². The number of para-hydroxylation sites is 5. The summed E-state index contributed by atoms with van der Waals surface area (Å²) in [4.78, 5) is 4.95. The third-order valence-electron chi connectivity index (χ3n) is 13.5. The number of hydrogen-bond donors (Lipinski definition) is 0. The normalized spacial score (nSPS) is 14.5. The Kier molecular flexibility index (Phi) is 8.56. The van der Waals surface area contributed by atoms with Gasteiger partial charge < -0.3 is 18.6 Å². The maximum absolute atomic E-state index is 6.82. The molecule has 1 aliphatic carbocycles. The van der Waals surface area contributed by atoms with Gasteiger partial charge in [0.25, 0.3) is 0 Å². The number of nitrogens with zero attached hydrogens (tertiary/aromatic N) is 2. The average molecular weight is 817 g/mol. The highest BCUT2D eigenvalue weighted by Crippen LogP contribution is 2.52. The van der Waals surface area contributed by atoms with E-state index in [-0.39, 0.29) is 11.8 Å². The van der Waals surface area contributed by atoms with Crippen molar-refractivity contribution >= 4 is 105 Å². The lowest BCUT2D eigenvalue weighted by Crippen LogP contribution is -2.20. The van der Waals surface area contributed by atoms with E-state index in [1.54, 1.807) is 0 Å². The van der Waals surface area contributed by atoms with E-state index in [1.807, 2.05) is 0 Å². The first kappa shape index (κ1) is 37.5. The van der Waals surface area contributed by atoms with Gasteiger partial charge in [0.1, 0.15) is 11.2 Å². The maximum Gasteiger partial charge on any atom is 0.159 e. The Bertz CT molecular complexity index is 3640. The monoisotopic (exact) mass is 816 g/mol. The van der Waals surface area contributed by atoms with Crippen molar-refractivity contribution in [3.05, 3.63) is 187 Å². The summed E-state index contributed by atoms with van der Waals surface area (Å²) >= 11 is 0. The van der Waals surface area contributed by atoms with Crippen LogP contribution in [-0.2, 0) is 0 Å². The van der Waals surface area contributed by atoms with Crippen molar-refractivity contribution in [2.24, 2.45) is 5.92 Å². The van der Waals surface area contributed by atoms with Crippen LogP contribution in [0.1, 0.15) is 64.0 Å². The van der Waals surface area contributed by atoms with Gasteiger partial charge in [0, 0.05) is 43.7 Å². The molecule has 0 fully saturated rings. The van der Waals surface area contributed by atoms with E-state index in [0.29, 0.717) is 5.92 Å². The molecule has 0 radical (unpaired) electrons. The van der Waals surface area contributed by atoms with E-state index in [2.05, 4.69) is 214 Å². The van der Waals surface area contributed by atoms with Gasteiger partial charge in [-0.1, -0.05) is 150 Å². The quantitative estimate of drug-likeness (QED) is 0.143. The topological polar surface area (TPSA) is 32.8 Å². The number of allylic oxidation sites excluding steroid dienone is 4. The molecule has 306 valence electrons. The molecule has 1 atom stereocenters. The number of rotatable bonds is 8. The molecular weight excluding hydrogens is 769 g/mol. The third kappa shape index (κ3) is 5.74. The molecule has 2 heterocycles. The van der Waals surface area contributed by atoms with E-state index in [0.717, 1.165) is 73.0 Å². The lowest BCUT2D eigenvalue weighted by Gasteiger charge is -2.33. The van der Waals surface area contributed by atoms with Crippen LogP contribution in [0.5, 0.6) is 0 Å². The molecule has 1 aliphatic rings. The molecule has 0 aliphatic heterocycles. The fraction of sp³-hybridized carbons (Fsp3) is 0.153. The summed E-state index contributed by atoms with van der Waals surface area (Å²) < 4.78 is 13.6. The van der Waals surface area contributed by atoms with Gasteiger partial charge in [-0.25, -0.2) is 0 Å². The van der Waals surface area contributed by atoms with Crippen LogP contribution in [0, 0.1) is 5.92 Å². The van der Waals surface area contributed by atoms with Crippen molar-refractivity contribution in [3.63, 3.8) is 0 Å². The minimum Gasteiger partial charge on any atom is -0.454 e. The van der Waals surface area contributed by atoms with Crippen molar-refractivity contribution in [1.29, 1.82) is 0 Å². The summed E-state index contributed by atoms with van der Waals surface area (Å²) in [6.07, 6.45) is 7.76. The highest BCUT2D eigenvalue weighted by Gasteiger charge is 2.29. The van der Waals surface area contributed by atoms with Gasteiger partial charge in [-0.3, -0.25) is 0 Å². The Morgan fingerprint density at radius 2 is 0.937 bits per heavy atom. The summed E-state index contributed by atoms with van der Waals surface area (Å²) in [5.74, 6) is 0.926. The molecule has 0 bridgehead atoms. The van der Waals surface area contributed by atoms with Crippen LogP contribution in [0.15, 0.2) is 184 Å². The smallest absolute Gasteiger partial charge is 0.159 e. The van der Waals surface area contributed by atoms with Gasteiger partial charge in [0.15, 0.2) is 11.2 Å². The van der Waals surface area contributed by atoms with Crippen molar-refractivity contribution < 1.29 is 8.83 Å². The van der Waals surface area contributed by atoms with Crippen LogP contribution in [0.2, 0.25) is 0 Å². The molecule has 0 spiro atoms. The largest absolute Gasteiger partial charge is 0.454 e. The first-order valence-corrected chi connectivity index (χ1v) is 22.5. The first-order chi connectivity index (χ1) is 30.8. The molecule has 0 saturated carbocycles. The van der Waals surface area contributed by atoms with Crippen LogP contribution < -0.4 is 9.80 Å². The third-order valence-corrected chi connectivity index (χ3v) is 13.5. The Labute approximate surface area is 367 Å². The summed E-state index contributed by atoms with van der Waals surface area (Å²) in [5, 5.41) is 12.1. The molecule has 4 nitrogen and oxygen atoms in total. The number of hydrogen-bond acceptors (Lipinski definition) is 4. The molecule has 0 saturated heterocycles. The Balaban J connectivity index is 1.20. The Hall–Kier alpha value is -7.30. The van der Waals surface area contributed by atoms with E-state index >= 15 is 0 Å². The zero-order chi connectivity index (χ0) is 42.5. The minimum absolute atomic E-state index is 0.264.